The Hall–Kier alpha value is -3.26. The number of carbonyl (C=O) groups excluding carboxylic acids is 1. The molecule has 3 rings (SSSR count). The number of anilines is 1. The number of hydrogen-bond acceptors (Lipinski definition) is 5. The van der Waals surface area contributed by atoms with Gasteiger partial charge >= 0.3 is 0 Å². The largest absolute Gasteiger partial charge is 0.495 e. The Labute approximate surface area is 189 Å². The van der Waals surface area contributed by atoms with Gasteiger partial charge in [0, 0.05) is 0 Å². The van der Waals surface area contributed by atoms with Gasteiger partial charge in [0.2, 0.25) is 15.9 Å². The van der Waals surface area contributed by atoms with E-state index in [1.165, 1.54) is 7.11 Å². The maximum Gasteiger partial charge on any atom is 0.243 e. The van der Waals surface area contributed by atoms with Gasteiger partial charge in [0.25, 0.3) is 0 Å². The molecule has 7 nitrogen and oxygen atoms in total. The molecule has 1 amide bonds. The molecule has 8 heteroatoms. The monoisotopic (exact) mass is 456 g/mol. The Kier molecular flexibility index (Phi) is 7.25. The fourth-order valence-corrected chi connectivity index (χ4v) is 4.67. The van der Waals surface area contributed by atoms with E-state index in [1.807, 2.05) is 55.5 Å². The Morgan fingerprint density at radius 2 is 1.78 bits per heavy atom. The zero-order valence-corrected chi connectivity index (χ0v) is 19.5. The van der Waals surface area contributed by atoms with Crippen molar-refractivity contribution in [2.75, 3.05) is 30.8 Å². The Morgan fingerprint density at radius 3 is 2.47 bits per heavy atom. The van der Waals surface area contributed by atoms with Gasteiger partial charge in [0.1, 0.15) is 24.1 Å². The van der Waals surface area contributed by atoms with Crippen molar-refractivity contribution in [3.63, 3.8) is 0 Å². The van der Waals surface area contributed by atoms with Crippen LogP contribution in [0.3, 0.4) is 0 Å². The van der Waals surface area contributed by atoms with Crippen molar-refractivity contribution in [2.45, 2.75) is 19.9 Å². The van der Waals surface area contributed by atoms with Crippen molar-refractivity contribution in [1.29, 1.82) is 0 Å². The summed E-state index contributed by atoms with van der Waals surface area (Å²) in [5, 5.41) is 4.94. The van der Waals surface area contributed by atoms with Crippen LogP contribution >= 0.6 is 0 Å². The van der Waals surface area contributed by atoms with E-state index in [9.17, 15) is 13.2 Å². The predicted octanol–water partition coefficient (Wildman–Crippen LogP) is 3.51. The van der Waals surface area contributed by atoms with E-state index in [0.29, 0.717) is 17.2 Å². The highest BCUT2D eigenvalue weighted by Crippen LogP contribution is 2.32. The van der Waals surface area contributed by atoms with Gasteiger partial charge in [-0.25, -0.2) is 8.42 Å². The van der Waals surface area contributed by atoms with E-state index in [1.54, 1.807) is 19.1 Å². The van der Waals surface area contributed by atoms with Crippen molar-refractivity contribution in [2.24, 2.45) is 0 Å². The molecule has 0 aromatic heterocycles. The maximum atomic E-state index is 12.8. The first kappa shape index (κ1) is 23.4. The summed E-state index contributed by atoms with van der Waals surface area (Å²) in [7, 11) is -2.28. The normalized spacial score (nSPS) is 12.2. The van der Waals surface area contributed by atoms with E-state index in [-0.39, 0.29) is 13.2 Å². The fraction of sp³-hybridized carbons (Fsp3) is 0.292. The summed E-state index contributed by atoms with van der Waals surface area (Å²) in [5.74, 6) is 0.648. The summed E-state index contributed by atoms with van der Waals surface area (Å²) in [6.45, 7) is 3.88. The molecule has 0 saturated carbocycles. The number of aryl methyl sites for hydroxylation is 1. The van der Waals surface area contributed by atoms with Crippen LogP contribution in [0.1, 0.15) is 12.5 Å². The molecular formula is C24H28N2O5S. The van der Waals surface area contributed by atoms with Crippen molar-refractivity contribution < 1.29 is 22.7 Å². The Balaban J connectivity index is 1.65. The number of amides is 1. The molecule has 1 N–H and O–H groups in total. The molecule has 3 aromatic carbocycles. The number of methoxy groups -OCH3 is 1. The van der Waals surface area contributed by atoms with Crippen LogP contribution in [0.25, 0.3) is 10.8 Å². The van der Waals surface area contributed by atoms with Gasteiger partial charge in [-0.2, -0.15) is 0 Å². The quantitative estimate of drug-likeness (QED) is 0.498. The third-order valence-electron chi connectivity index (χ3n) is 5.05. The second-order valence-corrected chi connectivity index (χ2v) is 9.42. The zero-order chi connectivity index (χ0) is 23.3. The molecular weight excluding hydrogens is 428 g/mol. The molecule has 0 spiro atoms. The van der Waals surface area contributed by atoms with Gasteiger partial charge in [-0.15, -0.1) is 0 Å². The standard InChI is InChI=1S/C24H28N2O5S/c1-17-9-12-23(30-3)22(15-17)26(32(4,28)29)18(2)24(27)25-13-14-31-21-11-10-19-7-5-6-8-20(19)16-21/h5-12,15-16,18H,13-14H2,1-4H3,(H,25,27)/t18-/m1/s1. The third-order valence-corrected chi connectivity index (χ3v) is 6.28. The molecule has 170 valence electrons. The van der Waals surface area contributed by atoms with E-state index >= 15 is 0 Å². The second-order valence-electron chi connectivity index (χ2n) is 7.56. The molecule has 1 atom stereocenters. The van der Waals surface area contributed by atoms with Crippen LogP contribution in [0.2, 0.25) is 0 Å². The summed E-state index contributed by atoms with van der Waals surface area (Å²) in [4.78, 5) is 12.8. The van der Waals surface area contributed by atoms with Gasteiger partial charge in [0.05, 0.1) is 25.6 Å². The highest BCUT2D eigenvalue weighted by molar-refractivity contribution is 7.92. The van der Waals surface area contributed by atoms with Crippen molar-refractivity contribution in [3.8, 4) is 11.5 Å². The SMILES string of the molecule is COc1ccc(C)cc1N([C@H](C)C(=O)NCCOc1ccc2ccccc2c1)S(C)(=O)=O. The zero-order valence-electron chi connectivity index (χ0n) is 18.7. The lowest BCUT2D eigenvalue weighted by molar-refractivity contribution is -0.121. The number of rotatable bonds is 9. The van der Waals surface area contributed by atoms with Gasteiger partial charge in [0.15, 0.2) is 0 Å². The first-order valence-electron chi connectivity index (χ1n) is 10.2. The minimum absolute atomic E-state index is 0.235. The molecule has 3 aromatic rings. The molecule has 0 heterocycles. The summed E-state index contributed by atoms with van der Waals surface area (Å²) in [5.41, 5.74) is 1.18. The number of hydrogen-bond donors (Lipinski definition) is 1. The molecule has 32 heavy (non-hydrogen) atoms. The summed E-state index contributed by atoms with van der Waals surface area (Å²) >= 11 is 0. The number of nitrogens with one attached hydrogen (secondary N) is 1. The van der Waals surface area contributed by atoms with E-state index < -0.39 is 22.0 Å². The lowest BCUT2D eigenvalue weighted by Crippen LogP contribution is -2.48. The van der Waals surface area contributed by atoms with Crippen molar-refractivity contribution >= 4 is 32.4 Å². The highest BCUT2D eigenvalue weighted by atomic mass is 32.2. The van der Waals surface area contributed by atoms with Gasteiger partial charge in [-0.05, 0) is 54.4 Å². The van der Waals surface area contributed by atoms with Crippen LogP contribution in [0.5, 0.6) is 11.5 Å². The predicted molar refractivity (Wildman–Crippen MR) is 127 cm³/mol. The molecule has 0 aliphatic rings. The maximum absolute atomic E-state index is 12.8. The van der Waals surface area contributed by atoms with Gasteiger partial charge < -0.3 is 14.8 Å². The number of ether oxygens (including phenoxy) is 2. The minimum atomic E-state index is -3.74. The van der Waals surface area contributed by atoms with Crippen molar-refractivity contribution in [3.05, 3.63) is 66.2 Å². The van der Waals surface area contributed by atoms with Gasteiger partial charge in [-0.3, -0.25) is 9.10 Å². The number of fused-ring (bicyclic) bond motifs is 1. The number of benzene rings is 3. The van der Waals surface area contributed by atoms with E-state index in [0.717, 1.165) is 26.9 Å². The number of carbonyl (C=O) groups is 1. The summed E-state index contributed by atoms with van der Waals surface area (Å²) < 4.78 is 37.2. The average molecular weight is 457 g/mol. The molecule has 0 aliphatic carbocycles. The first-order chi connectivity index (χ1) is 15.2. The highest BCUT2D eigenvalue weighted by Gasteiger charge is 2.31. The molecule has 0 bridgehead atoms. The number of nitrogens with zero attached hydrogens (tertiary/aromatic N) is 1. The van der Waals surface area contributed by atoms with Crippen LogP contribution in [-0.4, -0.2) is 46.9 Å². The van der Waals surface area contributed by atoms with Crippen LogP contribution in [0.4, 0.5) is 5.69 Å². The first-order valence-corrected chi connectivity index (χ1v) is 12.1. The molecule has 0 unspecified atom stereocenters. The van der Waals surface area contributed by atoms with Crippen LogP contribution in [0, 0.1) is 6.92 Å². The van der Waals surface area contributed by atoms with Gasteiger partial charge in [-0.1, -0.05) is 36.4 Å². The molecule has 0 fully saturated rings. The Morgan fingerprint density at radius 1 is 1.06 bits per heavy atom. The van der Waals surface area contributed by atoms with Crippen LogP contribution in [0.15, 0.2) is 60.7 Å². The smallest absolute Gasteiger partial charge is 0.243 e. The molecule has 0 saturated heterocycles. The Bertz CT molecular complexity index is 1210. The second kappa shape index (κ2) is 9.91. The lowest BCUT2D eigenvalue weighted by Gasteiger charge is -2.29. The third kappa shape index (κ3) is 5.50. The summed E-state index contributed by atoms with van der Waals surface area (Å²) in [6.07, 6.45) is 1.07. The molecule has 0 radical (unpaired) electrons. The topological polar surface area (TPSA) is 84.9 Å². The minimum Gasteiger partial charge on any atom is -0.495 e. The lowest BCUT2D eigenvalue weighted by atomic mass is 10.1. The fourth-order valence-electron chi connectivity index (χ4n) is 3.50. The van der Waals surface area contributed by atoms with Crippen LogP contribution < -0.4 is 19.1 Å². The summed E-state index contributed by atoms with van der Waals surface area (Å²) in [6, 6.07) is 18.0. The van der Waals surface area contributed by atoms with E-state index in [4.69, 9.17) is 9.47 Å². The van der Waals surface area contributed by atoms with Crippen LogP contribution in [-0.2, 0) is 14.8 Å². The van der Waals surface area contributed by atoms with E-state index in [2.05, 4.69) is 5.32 Å². The van der Waals surface area contributed by atoms with Crippen molar-refractivity contribution in [1.82, 2.24) is 5.32 Å². The molecule has 0 aliphatic heterocycles. The average Bonchev–Trinajstić information content (AvgIpc) is 2.75. The number of sulfonamides is 1.